The van der Waals surface area contributed by atoms with E-state index in [1.54, 1.807) is 11.3 Å². The highest BCUT2D eigenvalue weighted by molar-refractivity contribution is 7.16. The van der Waals surface area contributed by atoms with E-state index in [-0.39, 0.29) is 0 Å². The van der Waals surface area contributed by atoms with E-state index in [0.717, 1.165) is 23.9 Å². The molecule has 3 heteroatoms. The molecule has 1 N–H and O–H groups in total. The first-order valence-electron chi connectivity index (χ1n) is 6.88. The lowest BCUT2D eigenvalue weighted by Gasteiger charge is -2.27. The molecule has 1 saturated carbocycles. The molecule has 18 heavy (non-hydrogen) atoms. The number of fused-ring (bicyclic) bond motifs is 1. The van der Waals surface area contributed by atoms with Gasteiger partial charge >= 0.3 is 0 Å². The molecule has 2 aromatic rings. The first kappa shape index (κ1) is 12.0. The molecular formula is C15H20N2S. The number of rotatable bonds is 3. The van der Waals surface area contributed by atoms with Gasteiger partial charge in [-0.3, -0.25) is 0 Å². The molecule has 2 unspecified atom stereocenters. The van der Waals surface area contributed by atoms with Crippen LogP contribution >= 0.6 is 11.3 Å². The van der Waals surface area contributed by atoms with E-state index in [0.29, 0.717) is 0 Å². The van der Waals surface area contributed by atoms with Crippen LogP contribution in [0.5, 0.6) is 0 Å². The van der Waals surface area contributed by atoms with E-state index < -0.39 is 0 Å². The summed E-state index contributed by atoms with van der Waals surface area (Å²) < 4.78 is 1.28. The second-order valence-electron chi connectivity index (χ2n) is 5.55. The number of nitrogens with zero attached hydrogens (tertiary/aromatic N) is 1. The SMILES string of the molecule is CC1CCCC(CNc2ccc3ncsc3c2)C1. The van der Waals surface area contributed by atoms with Crippen LogP contribution in [0.25, 0.3) is 10.2 Å². The largest absolute Gasteiger partial charge is 0.385 e. The third-order valence-corrected chi connectivity index (χ3v) is 4.76. The Kier molecular flexibility index (Phi) is 3.50. The minimum atomic E-state index is 0.853. The summed E-state index contributed by atoms with van der Waals surface area (Å²) in [5.74, 6) is 1.76. The Morgan fingerprint density at radius 3 is 3.22 bits per heavy atom. The topological polar surface area (TPSA) is 24.9 Å². The Hall–Kier alpha value is -1.09. The molecule has 0 spiro atoms. The number of aromatic nitrogens is 1. The van der Waals surface area contributed by atoms with Gasteiger partial charge in [0.05, 0.1) is 15.7 Å². The van der Waals surface area contributed by atoms with Crippen LogP contribution in [0.15, 0.2) is 23.7 Å². The normalized spacial score (nSPS) is 24.3. The summed E-state index contributed by atoms with van der Waals surface area (Å²) in [6, 6.07) is 6.48. The van der Waals surface area contributed by atoms with Crippen LogP contribution in [-0.4, -0.2) is 11.5 Å². The number of anilines is 1. The predicted molar refractivity (Wildman–Crippen MR) is 79.2 cm³/mol. The minimum Gasteiger partial charge on any atom is -0.385 e. The summed E-state index contributed by atoms with van der Waals surface area (Å²) in [5, 5.41) is 3.60. The lowest BCUT2D eigenvalue weighted by atomic mass is 9.82. The van der Waals surface area contributed by atoms with Gasteiger partial charge in [-0.15, -0.1) is 11.3 Å². The zero-order chi connectivity index (χ0) is 12.4. The maximum Gasteiger partial charge on any atom is 0.0813 e. The standard InChI is InChI=1S/C15H20N2S/c1-11-3-2-4-12(7-11)9-16-13-5-6-14-15(8-13)18-10-17-14/h5-6,8,10-12,16H,2-4,7,9H2,1H3. The Balaban J connectivity index is 1.61. The van der Waals surface area contributed by atoms with Crippen molar-refractivity contribution in [2.75, 3.05) is 11.9 Å². The monoisotopic (exact) mass is 260 g/mol. The molecule has 1 aromatic carbocycles. The summed E-state index contributed by atoms with van der Waals surface area (Å²) in [7, 11) is 0. The van der Waals surface area contributed by atoms with E-state index in [9.17, 15) is 0 Å². The maximum absolute atomic E-state index is 4.31. The molecule has 96 valence electrons. The molecule has 2 atom stereocenters. The van der Waals surface area contributed by atoms with Crippen molar-refractivity contribution in [2.45, 2.75) is 32.6 Å². The highest BCUT2D eigenvalue weighted by Crippen LogP contribution is 2.29. The fraction of sp³-hybridized carbons (Fsp3) is 0.533. The van der Waals surface area contributed by atoms with Crippen LogP contribution < -0.4 is 5.32 Å². The van der Waals surface area contributed by atoms with E-state index in [2.05, 4.69) is 35.4 Å². The van der Waals surface area contributed by atoms with Crippen molar-refractivity contribution in [1.29, 1.82) is 0 Å². The van der Waals surface area contributed by atoms with Crippen LogP contribution in [0.3, 0.4) is 0 Å². The second-order valence-corrected chi connectivity index (χ2v) is 6.44. The van der Waals surface area contributed by atoms with Gasteiger partial charge in [-0.2, -0.15) is 0 Å². The number of hydrogen-bond donors (Lipinski definition) is 1. The smallest absolute Gasteiger partial charge is 0.0813 e. The van der Waals surface area contributed by atoms with Crippen LogP contribution in [0, 0.1) is 11.8 Å². The summed E-state index contributed by atoms with van der Waals surface area (Å²) >= 11 is 1.71. The van der Waals surface area contributed by atoms with Gasteiger partial charge in [0.1, 0.15) is 0 Å². The average Bonchev–Trinajstić information content (AvgIpc) is 2.84. The molecule has 0 radical (unpaired) electrons. The zero-order valence-electron chi connectivity index (χ0n) is 10.9. The quantitative estimate of drug-likeness (QED) is 0.876. The molecule has 1 fully saturated rings. The van der Waals surface area contributed by atoms with Crippen molar-refractivity contribution >= 4 is 27.2 Å². The fourth-order valence-corrected chi connectivity index (χ4v) is 3.69. The van der Waals surface area contributed by atoms with Gasteiger partial charge in [0, 0.05) is 12.2 Å². The van der Waals surface area contributed by atoms with Crippen molar-refractivity contribution in [1.82, 2.24) is 4.98 Å². The summed E-state index contributed by atoms with van der Waals surface area (Å²) in [6.45, 7) is 3.50. The van der Waals surface area contributed by atoms with Gasteiger partial charge in [-0.25, -0.2) is 4.98 Å². The lowest BCUT2D eigenvalue weighted by molar-refractivity contribution is 0.293. The van der Waals surface area contributed by atoms with Gasteiger partial charge in [-0.05, 0) is 42.9 Å². The number of thiazole rings is 1. The van der Waals surface area contributed by atoms with Gasteiger partial charge in [0.2, 0.25) is 0 Å². The van der Waals surface area contributed by atoms with Gasteiger partial charge in [0.25, 0.3) is 0 Å². The molecule has 1 aromatic heterocycles. The van der Waals surface area contributed by atoms with Crippen LogP contribution in [-0.2, 0) is 0 Å². The summed E-state index contributed by atoms with van der Waals surface area (Å²) in [4.78, 5) is 4.31. The maximum atomic E-state index is 4.31. The van der Waals surface area contributed by atoms with Crippen molar-refractivity contribution < 1.29 is 0 Å². The summed E-state index contributed by atoms with van der Waals surface area (Å²) in [5.41, 5.74) is 4.26. The zero-order valence-corrected chi connectivity index (χ0v) is 11.7. The van der Waals surface area contributed by atoms with Crippen molar-refractivity contribution in [3.8, 4) is 0 Å². The van der Waals surface area contributed by atoms with Gasteiger partial charge < -0.3 is 5.32 Å². The fourth-order valence-electron chi connectivity index (χ4n) is 2.97. The van der Waals surface area contributed by atoms with Crippen molar-refractivity contribution in [2.24, 2.45) is 11.8 Å². The summed E-state index contributed by atoms with van der Waals surface area (Å²) in [6.07, 6.45) is 5.60. The molecule has 1 aliphatic rings. The molecule has 0 bridgehead atoms. The van der Waals surface area contributed by atoms with Crippen LogP contribution in [0.1, 0.15) is 32.6 Å². The second kappa shape index (κ2) is 5.27. The molecule has 0 saturated heterocycles. The third kappa shape index (κ3) is 2.66. The number of nitrogens with one attached hydrogen (secondary N) is 1. The van der Waals surface area contributed by atoms with Gasteiger partial charge in [0.15, 0.2) is 0 Å². The molecule has 3 rings (SSSR count). The molecule has 2 nitrogen and oxygen atoms in total. The molecule has 1 aliphatic carbocycles. The van der Waals surface area contributed by atoms with Crippen molar-refractivity contribution in [3.63, 3.8) is 0 Å². The Bertz CT molecular complexity index is 520. The van der Waals surface area contributed by atoms with E-state index in [1.165, 1.54) is 36.1 Å². The van der Waals surface area contributed by atoms with Crippen molar-refractivity contribution in [3.05, 3.63) is 23.7 Å². The number of hydrogen-bond acceptors (Lipinski definition) is 3. The number of benzene rings is 1. The molecule has 1 heterocycles. The molecular weight excluding hydrogens is 240 g/mol. The predicted octanol–water partition coefficient (Wildman–Crippen LogP) is 4.53. The average molecular weight is 260 g/mol. The first-order valence-corrected chi connectivity index (χ1v) is 7.76. The minimum absolute atomic E-state index is 0.853. The Morgan fingerprint density at radius 1 is 1.39 bits per heavy atom. The molecule has 0 aliphatic heterocycles. The first-order chi connectivity index (χ1) is 8.81. The Labute approximate surface area is 112 Å². The highest BCUT2D eigenvalue weighted by Gasteiger charge is 2.18. The van der Waals surface area contributed by atoms with E-state index >= 15 is 0 Å². The van der Waals surface area contributed by atoms with Crippen LogP contribution in [0.4, 0.5) is 5.69 Å². The van der Waals surface area contributed by atoms with Crippen LogP contribution in [0.2, 0.25) is 0 Å². The van der Waals surface area contributed by atoms with Gasteiger partial charge in [-0.1, -0.05) is 19.8 Å². The van der Waals surface area contributed by atoms with E-state index in [1.807, 2.05) is 5.51 Å². The third-order valence-electron chi connectivity index (χ3n) is 3.97. The molecule has 0 amide bonds. The van der Waals surface area contributed by atoms with E-state index in [4.69, 9.17) is 0 Å². The Morgan fingerprint density at radius 2 is 2.33 bits per heavy atom. The highest BCUT2D eigenvalue weighted by atomic mass is 32.1. The lowest BCUT2D eigenvalue weighted by Crippen LogP contribution is -2.20.